The fraction of sp³-hybridized carbons (Fsp3) is 0.469. The van der Waals surface area contributed by atoms with Crippen LogP contribution in [0.4, 0.5) is 10.1 Å². The molecule has 0 bridgehead atoms. The van der Waals surface area contributed by atoms with E-state index in [0.717, 1.165) is 24.8 Å². The zero-order valence-corrected chi connectivity index (χ0v) is 24.8. The van der Waals surface area contributed by atoms with Crippen molar-refractivity contribution in [1.82, 2.24) is 14.5 Å². The number of halogens is 2. The summed E-state index contributed by atoms with van der Waals surface area (Å²) >= 11 is 5.99. The molecule has 43 heavy (non-hydrogen) atoms. The van der Waals surface area contributed by atoms with Crippen molar-refractivity contribution in [3.05, 3.63) is 69.2 Å². The van der Waals surface area contributed by atoms with Gasteiger partial charge >= 0.3 is 0 Å². The van der Waals surface area contributed by atoms with Crippen molar-refractivity contribution in [2.45, 2.75) is 69.9 Å². The van der Waals surface area contributed by atoms with Crippen LogP contribution < -0.4 is 10.5 Å². The van der Waals surface area contributed by atoms with E-state index in [1.807, 2.05) is 6.07 Å². The number of unbranched alkanes of at least 4 members (excludes halogenated alkanes) is 2. The molecule has 0 atom stereocenters. The number of fused-ring (bicyclic) bond motifs is 2. The first-order chi connectivity index (χ1) is 20.7. The molecule has 2 aliphatic heterocycles. The number of benzene rings is 2. The maximum Gasteiger partial charge on any atom is 0.261 e. The third-order valence-corrected chi connectivity index (χ3v) is 8.76. The lowest BCUT2D eigenvalue weighted by Gasteiger charge is -2.38. The minimum atomic E-state index is -1.11. The van der Waals surface area contributed by atoms with Gasteiger partial charge in [0.05, 0.1) is 29.4 Å². The summed E-state index contributed by atoms with van der Waals surface area (Å²) < 4.78 is 14.3. The molecule has 0 spiro atoms. The Balaban J connectivity index is 1.04. The second-order valence-electron chi connectivity index (χ2n) is 11.6. The molecule has 2 aliphatic rings. The molecule has 0 radical (unpaired) electrons. The lowest BCUT2D eigenvalue weighted by molar-refractivity contribution is -0.136. The smallest absolute Gasteiger partial charge is 0.261 e. The van der Waals surface area contributed by atoms with Crippen molar-refractivity contribution >= 4 is 45.8 Å². The Morgan fingerprint density at radius 2 is 1.74 bits per heavy atom. The van der Waals surface area contributed by atoms with Crippen molar-refractivity contribution in [2.75, 3.05) is 31.2 Å². The van der Waals surface area contributed by atoms with Crippen LogP contribution in [0.3, 0.4) is 0 Å². The van der Waals surface area contributed by atoms with Crippen molar-refractivity contribution in [3.63, 3.8) is 0 Å². The summed E-state index contributed by atoms with van der Waals surface area (Å²) in [6, 6.07) is 10.2. The lowest BCUT2D eigenvalue weighted by Crippen LogP contribution is -2.49. The van der Waals surface area contributed by atoms with Gasteiger partial charge in [0.2, 0.25) is 5.91 Å². The van der Waals surface area contributed by atoms with Gasteiger partial charge in [-0.1, -0.05) is 18.0 Å². The van der Waals surface area contributed by atoms with Gasteiger partial charge in [0, 0.05) is 48.7 Å². The molecule has 9 nitrogen and oxygen atoms in total. The first-order valence-corrected chi connectivity index (χ1v) is 15.2. The third-order valence-electron chi connectivity index (χ3n) is 8.53. The molecule has 3 aromatic rings. The molecule has 2 amide bonds. The summed E-state index contributed by atoms with van der Waals surface area (Å²) in [7, 11) is 0. The van der Waals surface area contributed by atoms with E-state index < -0.39 is 18.2 Å². The predicted octanol–water partition coefficient (Wildman–Crippen LogP) is 4.49. The molecule has 1 saturated heterocycles. The molecule has 3 heterocycles. The third kappa shape index (κ3) is 7.13. The molecular formula is C32H36ClFN4O5. The highest BCUT2D eigenvalue weighted by Crippen LogP contribution is 2.29. The van der Waals surface area contributed by atoms with E-state index in [-0.39, 0.29) is 23.8 Å². The number of amides is 2. The van der Waals surface area contributed by atoms with E-state index in [0.29, 0.717) is 85.3 Å². The fourth-order valence-electron chi connectivity index (χ4n) is 6.03. The number of nitrogens with zero attached hydrogens (tertiary/aromatic N) is 4. The molecule has 0 aliphatic carbocycles. The monoisotopic (exact) mass is 610 g/mol. The van der Waals surface area contributed by atoms with Crippen LogP contribution in [0.25, 0.3) is 10.9 Å². The maximum absolute atomic E-state index is 12.9. The van der Waals surface area contributed by atoms with Gasteiger partial charge in [-0.25, -0.2) is 9.37 Å². The van der Waals surface area contributed by atoms with Crippen LogP contribution in [0.1, 0.15) is 67.3 Å². The van der Waals surface area contributed by atoms with E-state index in [1.54, 1.807) is 35.2 Å². The number of alkyl halides is 1. The van der Waals surface area contributed by atoms with Crippen LogP contribution in [0.5, 0.6) is 0 Å². The fourth-order valence-corrected chi connectivity index (χ4v) is 6.20. The van der Waals surface area contributed by atoms with E-state index in [9.17, 15) is 28.7 Å². The van der Waals surface area contributed by atoms with E-state index in [2.05, 4.69) is 4.98 Å². The van der Waals surface area contributed by atoms with E-state index in [4.69, 9.17) is 11.6 Å². The number of likely N-dealkylation sites (tertiary alicyclic amines) is 1. The normalized spacial score (nSPS) is 16.3. The summed E-state index contributed by atoms with van der Waals surface area (Å²) in [5, 5.41) is 12.1. The summed E-state index contributed by atoms with van der Waals surface area (Å²) in [4.78, 5) is 57.8. The van der Waals surface area contributed by atoms with Crippen LogP contribution in [0.2, 0.25) is 5.02 Å². The number of ketones is 1. The van der Waals surface area contributed by atoms with Gasteiger partial charge in [-0.15, -0.1) is 0 Å². The number of carbonyl (C=O) groups is 3. The van der Waals surface area contributed by atoms with Gasteiger partial charge in [-0.3, -0.25) is 23.7 Å². The van der Waals surface area contributed by atoms with Crippen molar-refractivity contribution in [3.8, 4) is 0 Å². The second-order valence-corrected chi connectivity index (χ2v) is 12.0. The predicted molar refractivity (Wildman–Crippen MR) is 162 cm³/mol. The van der Waals surface area contributed by atoms with Gasteiger partial charge in [-0.05, 0) is 80.5 Å². The van der Waals surface area contributed by atoms with Crippen molar-refractivity contribution in [2.24, 2.45) is 0 Å². The van der Waals surface area contributed by atoms with E-state index >= 15 is 0 Å². The van der Waals surface area contributed by atoms with Gasteiger partial charge in [0.15, 0.2) is 12.5 Å². The highest BCUT2D eigenvalue weighted by atomic mass is 35.5. The molecule has 11 heteroatoms. The number of aryl methyl sites for hydroxylation is 1. The van der Waals surface area contributed by atoms with Gasteiger partial charge < -0.3 is 14.9 Å². The quantitative estimate of drug-likeness (QED) is 0.267. The summed E-state index contributed by atoms with van der Waals surface area (Å²) in [5.41, 5.74) is 1.33. The van der Waals surface area contributed by atoms with Crippen LogP contribution in [-0.2, 0) is 22.6 Å². The Bertz CT molecular complexity index is 1580. The average molecular weight is 611 g/mol. The maximum atomic E-state index is 12.9. The molecule has 1 aromatic heterocycles. The molecule has 1 N–H and O–H groups in total. The van der Waals surface area contributed by atoms with Crippen molar-refractivity contribution in [1.29, 1.82) is 0 Å². The number of piperidine rings is 1. The molecule has 5 rings (SSSR count). The number of Topliss-reactive ketones (excluding diaryl/α,β-unsaturated/α-hetero) is 1. The lowest BCUT2D eigenvalue weighted by atomic mass is 9.91. The van der Waals surface area contributed by atoms with Gasteiger partial charge in [0.25, 0.3) is 11.5 Å². The SMILES string of the molecule is O=C(CCCCCC(=O)N1CCC(O)(Cn2cnc3cc(Cl)ccc3c2=O)CC1)c1ccc2c(c1)CCCN2C(=O)CF. The van der Waals surface area contributed by atoms with Crippen LogP contribution in [0, 0.1) is 0 Å². The summed E-state index contributed by atoms with van der Waals surface area (Å²) in [6.45, 7) is 0.371. The highest BCUT2D eigenvalue weighted by Gasteiger charge is 2.34. The number of hydrogen-bond acceptors (Lipinski definition) is 6. The molecular weight excluding hydrogens is 575 g/mol. The highest BCUT2D eigenvalue weighted by molar-refractivity contribution is 6.31. The largest absolute Gasteiger partial charge is 0.388 e. The van der Waals surface area contributed by atoms with Crippen molar-refractivity contribution < 1.29 is 23.9 Å². The standard InChI is InChI=1S/C32H36ClFN4O5/c33-24-9-10-25-26(18-24)35-21-37(31(25)42)20-32(43)12-15-36(16-13-32)29(40)7-3-1-2-6-28(39)23-8-11-27-22(17-23)5-4-14-38(27)30(41)19-34/h8-11,17-18,21,43H,1-7,12-16,19-20H2. The first-order valence-electron chi connectivity index (χ1n) is 14.8. The molecule has 1 fully saturated rings. The van der Waals surface area contributed by atoms with Gasteiger partial charge in [-0.2, -0.15) is 0 Å². The average Bonchev–Trinajstić information content (AvgIpc) is 3.01. The zero-order valence-electron chi connectivity index (χ0n) is 24.1. The number of rotatable bonds is 10. The Hall–Kier alpha value is -3.63. The van der Waals surface area contributed by atoms with Crippen LogP contribution in [0.15, 0.2) is 47.5 Å². The number of hydrogen-bond donors (Lipinski definition) is 1. The minimum Gasteiger partial charge on any atom is -0.388 e. The second kappa shape index (κ2) is 13.3. The summed E-state index contributed by atoms with van der Waals surface area (Å²) in [6.07, 6.45) is 6.44. The Kier molecular flexibility index (Phi) is 9.56. The zero-order chi connectivity index (χ0) is 30.6. The number of aromatic nitrogens is 2. The Labute approximate surface area is 254 Å². The first kappa shape index (κ1) is 30.8. The molecule has 2 aromatic carbocycles. The summed E-state index contributed by atoms with van der Waals surface area (Å²) in [5.74, 6) is -0.517. The number of aliphatic hydroxyl groups is 1. The topological polar surface area (TPSA) is 113 Å². The number of carbonyl (C=O) groups excluding carboxylic acids is 3. The Morgan fingerprint density at radius 1 is 0.977 bits per heavy atom. The van der Waals surface area contributed by atoms with Gasteiger partial charge in [0.1, 0.15) is 0 Å². The van der Waals surface area contributed by atoms with Crippen LogP contribution in [-0.4, -0.2) is 69.1 Å². The molecule has 0 unspecified atom stereocenters. The van der Waals surface area contributed by atoms with E-state index in [1.165, 1.54) is 15.8 Å². The molecule has 0 saturated carbocycles. The molecule has 228 valence electrons. The minimum absolute atomic E-state index is 0.0166. The van der Waals surface area contributed by atoms with Crippen LogP contribution >= 0.6 is 11.6 Å². The number of anilines is 1. The Morgan fingerprint density at radius 3 is 2.51 bits per heavy atom.